The maximum absolute atomic E-state index is 12.9. The summed E-state index contributed by atoms with van der Waals surface area (Å²) >= 11 is 0. The van der Waals surface area contributed by atoms with Crippen LogP contribution in [0.5, 0.6) is 5.75 Å². The van der Waals surface area contributed by atoms with E-state index in [-0.39, 0.29) is 30.9 Å². The summed E-state index contributed by atoms with van der Waals surface area (Å²) in [4.78, 5) is 37.6. The number of carbonyl (C=O) groups is 3. The van der Waals surface area contributed by atoms with Crippen LogP contribution in [0, 0.1) is 0 Å². The van der Waals surface area contributed by atoms with E-state index in [1.165, 1.54) is 11.0 Å². The van der Waals surface area contributed by atoms with Gasteiger partial charge in [-0.15, -0.1) is 0 Å². The zero-order chi connectivity index (χ0) is 21.1. The quantitative estimate of drug-likeness (QED) is 0.439. The molecule has 1 N–H and O–H groups in total. The number of piperidine rings is 1. The number of carbonyl (C=O) groups excluding carboxylic acids is 3. The molecule has 156 valence electrons. The second-order valence-corrected chi connectivity index (χ2v) is 8.73. The Labute approximate surface area is 163 Å². The Morgan fingerprint density at radius 1 is 1.10 bits per heavy atom. The fourth-order valence-corrected chi connectivity index (χ4v) is 4.09. The number of nitrogens with one attached hydrogen (secondary N) is 1. The lowest BCUT2D eigenvalue weighted by molar-refractivity contribution is -0.136. The highest BCUT2D eigenvalue weighted by Crippen LogP contribution is 2.46. The third-order valence-electron chi connectivity index (χ3n) is 5.17. The molecular weight excluding hydrogens is 417 g/mol. The Bertz CT molecular complexity index is 1030. The van der Waals surface area contributed by atoms with Crippen LogP contribution in [0.1, 0.15) is 53.1 Å². The fraction of sp³-hybridized carbons (Fsp3) is 0.471. The summed E-state index contributed by atoms with van der Waals surface area (Å²) in [5.74, 6) is -2.29. The first-order valence-electron chi connectivity index (χ1n) is 8.80. The van der Waals surface area contributed by atoms with Gasteiger partial charge in [0.25, 0.3) is 5.91 Å². The molecule has 3 amide bonds. The SMILES string of the molecule is O=C1CCC(N2Cc3c(cc(OS(=O)(=O)C(F)(F)F)cc3C3CC3)C2=O)C(=O)N1. The van der Waals surface area contributed by atoms with E-state index in [0.717, 1.165) is 18.9 Å². The molecule has 1 aromatic carbocycles. The third kappa shape index (κ3) is 3.45. The first kappa shape index (κ1) is 19.7. The van der Waals surface area contributed by atoms with Crippen LogP contribution in [0.2, 0.25) is 0 Å². The van der Waals surface area contributed by atoms with Gasteiger partial charge < -0.3 is 9.08 Å². The highest BCUT2D eigenvalue weighted by Gasteiger charge is 2.49. The van der Waals surface area contributed by atoms with Crippen molar-refractivity contribution in [1.82, 2.24) is 10.2 Å². The second-order valence-electron chi connectivity index (χ2n) is 7.20. The number of rotatable bonds is 4. The number of imide groups is 1. The maximum Gasteiger partial charge on any atom is 0.534 e. The first-order chi connectivity index (χ1) is 13.5. The van der Waals surface area contributed by atoms with Gasteiger partial charge in [0.1, 0.15) is 11.8 Å². The fourth-order valence-electron chi connectivity index (χ4n) is 3.64. The van der Waals surface area contributed by atoms with Crippen LogP contribution in [0.4, 0.5) is 13.2 Å². The number of benzene rings is 1. The molecule has 0 spiro atoms. The Hall–Kier alpha value is -2.63. The molecular formula is C17H15F3N2O6S. The Balaban J connectivity index is 1.69. The predicted octanol–water partition coefficient (Wildman–Crippen LogP) is 1.55. The van der Waals surface area contributed by atoms with E-state index in [0.29, 0.717) is 11.1 Å². The average Bonchev–Trinajstić information content (AvgIpc) is 3.39. The van der Waals surface area contributed by atoms with Crippen LogP contribution in [-0.2, 0) is 26.3 Å². The van der Waals surface area contributed by atoms with Crippen molar-refractivity contribution in [2.24, 2.45) is 0 Å². The molecule has 1 aliphatic carbocycles. The maximum atomic E-state index is 12.9. The standard InChI is InChI=1S/C17H15F3N2O6S/c18-17(19,20)29(26,27)28-9-5-10(8-1-2-8)12-7-22(16(25)11(12)6-9)13-3-4-14(23)21-15(13)24/h5-6,8,13H,1-4,7H2,(H,21,23,24). The van der Waals surface area contributed by atoms with Crippen molar-refractivity contribution in [3.63, 3.8) is 0 Å². The van der Waals surface area contributed by atoms with E-state index >= 15 is 0 Å². The first-order valence-corrected chi connectivity index (χ1v) is 10.2. The summed E-state index contributed by atoms with van der Waals surface area (Å²) in [6.07, 6.45) is 1.68. The van der Waals surface area contributed by atoms with Crippen LogP contribution >= 0.6 is 0 Å². The highest BCUT2D eigenvalue weighted by molar-refractivity contribution is 7.88. The number of alkyl halides is 3. The molecule has 1 aromatic rings. The third-order valence-corrected chi connectivity index (χ3v) is 6.15. The second kappa shape index (κ2) is 6.44. The molecule has 1 atom stereocenters. The van der Waals surface area contributed by atoms with Crippen LogP contribution in [0.15, 0.2) is 12.1 Å². The van der Waals surface area contributed by atoms with Crippen LogP contribution in [0.25, 0.3) is 0 Å². The van der Waals surface area contributed by atoms with Gasteiger partial charge in [-0.05, 0) is 48.4 Å². The highest BCUT2D eigenvalue weighted by atomic mass is 32.2. The largest absolute Gasteiger partial charge is 0.534 e. The molecule has 12 heteroatoms. The predicted molar refractivity (Wildman–Crippen MR) is 90.1 cm³/mol. The van der Waals surface area contributed by atoms with Crippen molar-refractivity contribution in [2.45, 2.75) is 49.7 Å². The lowest BCUT2D eigenvalue weighted by Gasteiger charge is -2.29. The van der Waals surface area contributed by atoms with Gasteiger partial charge in [-0.25, -0.2) is 0 Å². The molecule has 0 bridgehead atoms. The minimum absolute atomic E-state index is 0.00599. The van der Waals surface area contributed by atoms with Gasteiger partial charge in [0.2, 0.25) is 11.8 Å². The minimum Gasteiger partial charge on any atom is -0.376 e. The van der Waals surface area contributed by atoms with Crippen molar-refractivity contribution in [1.29, 1.82) is 0 Å². The van der Waals surface area contributed by atoms with E-state index in [4.69, 9.17) is 0 Å². The summed E-state index contributed by atoms with van der Waals surface area (Å²) in [6, 6.07) is 1.28. The van der Waals surface area contributed by atoms with Crippen molar-refractivity contribution >= 4 is 27.8 Å². The zero-order valence-electron chi connectivity index (χ0n) is 14.8. The van der Waals surface area contributed by atoms with Gasteiger partial charge >= 0.3 is 15.6 Å². The Morgan fingerprint density at radius 3 is 2.38 bits per heavy atom. The summed E-state index contributed by atoms with van der Waals surface area (Å²) in [5.41, 5.74) is -4.52. The van der Waals surface area contributed by atoms with Crippen molar-refractivity contribution in [3.05, 3.63) is 28.8 Å². The summed E-state index contributed by atoms with van der Waals surface area (Å²) in [5, 5.41) is 2.16. The number of nitrogens with zero attached hydrogens (tertiary/aromatic N) is 1. The molecule has 0 radical (unpaired) electrons. The Kier molecular flexibility index (Phi) is 4.37. The number of halogens is 3. The smallest absolute Gasteiger partial charge is 0.376 e. The monoisotopic (exact) mass is 432 g/mol. The average molecular weight is 432 g/mol. The number of hydrogen-bond donors (Lipinski definition) is 1. The zero-order valence-corrected chi connectivity index (χ0v) is 15.6. The summed E-state index contributed by atoms with van der Waals surface area (Å²) < 4.78 is 64.9. The minimum atomic E-state index is -5.88. The summed E-state index contributed by atoms with van der Waals surface area (Å²) in [6.45, 7) is 0.0541. The molecule has 2 fully saturated rings. The normalized spacial score (nSPS) is 22.5. The molecule has 2 heterocycles. The molecule has 4 rings (SSSR count). The van der Waals surface area contributed by atoms with Gasteiger partial charge in [0.05, 0.1) is 0 Å². The van der Waals surface area contributed by atoms with Gasteiger partial charge in [0, 0.05) is 18.5 Å². The number of hydrogen-bond acceptors (Lipinski definition) is 6. The van der Waals surface area contributed by atoms with E-state index < -0.39 is 45.1 Å². The van der Waals surface area contributed by atoms with E-state index in [1.54, 1.807) is 0 Å². The van der Waals surface area contributed by atoms with Crippen LogP contribution < -0.4 is 9.50 Å². The molecule has 29 heavy (non-hydrogen) atoms. The van der Waals surface area contributed by atoms with Crippen molar-refractivity contribution in [2.75, 3.05) is 0 Å². The number of amides is 3. The van der Waals surface area contributed by atoms with Crippen LogP contribution in [-0.4, -0.2) is 42.6 Å². The Morgan fingerprint density at radius 2 is 1.79 bits per heavy atom. The van der Waals surface area contributed by atoms with Crippen molar-refractivity contribution < 1.29 is 40.2 Å². The number of fused-ring (bicyclic) bond motifs is 1. The van der Waals surface area contributed by atoms with E-state index in [9.17, 15) is 36.0 Å². The van der Waals surface area contributed by atoms with Crippen LogP contribution in [0.3, 0.4) is 0 Å². The van der Waals surface area contributed by atoms with E-state index in [1.807, 2.05) is 0 Å². The summed E-state index contributed by atoms with van der Waals surface area (Å²) in [7, 11) is -5.88. The molecule has 1 saturated heterocycles. The molecule has 1 saturated carbocycles. The molecule has 1 unspecified atom stereocenters. The van der Waals surface area contributed by atoms with Crippen molar-refractivity contribution in [3.8, 4) is 5.75 Å². The van der Waals surface area contributed by atoms with Gasteiger partial charge in [-0.1, -0.05) is 0 Å². The van der Waals surface area contributed by atoms with E-state index in [2.05, 4.69) is 9.50 Å². The lowest BCUT2D eigenvalue weighted by atomic mass is 9.99. The molecule has 3 aliphatic rings. The molecule has 8 nitrogen and oxygen atoms in total. The van der Waals surface area contributed by atoms with Gasteiger partial charge in [0.15, 0.2) is 0 Å². The molecule has 0 aromatic heterocycles. The lowest BCUT2D eigenvalue weighted by Crippen LogP contribution is -2.52. The molecule has 2 aliphatic heterocycles. The van der Waals surface area contributed by atoms with Gasteiger partial charge in [-0.2, -0.15) is 21.6 Å². The van der Waals surface area contributed by atoms with Gasteiger partial charge in [-0.3, -0.25) is 19.7 Å². The topological polar surface area (TPSA) is 110 Å².